The van der Waals surface area contributed by atoms with Crippen molar-refractivity contribution in [3.05, 3.63) is 150 Å². The zero-order valence-corrected chi connectivity index (χ0v) is 26.8. The van der Waals surface area contributed by atoms with Crippen LogP contribution in [-0.2, 0) is 14.1 Å². The number of aromatic nitrogens is 5. The number of aryl methyl sites for hydroxylation is 2. The van der Waals surface area contributed by atoms with Crippen molar-refractivity contribution in [2.24, 2.45) is 14.1 Å². The minimum atomic E-state index is -0.0494. The van der Waals surface area contributed by atoms with E-state index in [9.17, 15) is 4.79 Å². The molecular formula is C42H29N5O2. The highest BCUT2D eigenvalue weighted by Crippen LogP contribution is 2.36. The van der Waals surface area contributed by atoms with Gasteiger partial charge in [0, 0.05) is 47.1 Å². The fraction of sp³-hybridized carbons (Fsp3) is 0.0476. The van der Waals surface area contributed by atoms with Gasteiger partial charge in [0.1, 0.15) is 11.2 Å². The van der Waals surface area contributed by atoms with Crippen LogP contribution in [-0.4, -0.2) is 24.1 Å². The van der Waals surface area contributed by atoms with Gasteiger partial charge in [-0.15, -0.1) is 0 Å². The molecule has 3 heterocycles. The first-order chi connectivity index (χ1) is 24.0. The van der Waals surface area contributed by atoms with Gasteiger partial charge in [0.05, 0.1) is 11.0 Å². The van der Waals surface area contributed by atoms with Crippen LogP contribution < -0.4 is 5.69 Å². The maximum absolute atomic E-state index is 12.5. The second-order valence-corrected chi connectivity index (χ2v) is 12.2. The van der Waals surface area contributed by atoms with Crippen molar-refractivity contribution < 1.29 is 4.42 Å². The summed E-state index contributed by atoms with van der Waals surface area (Å²) in [7, 11) is 3.59. The van der Waals surface area contributed by atoms with Crippen LogP contribution in [0.5, 0.6) is 0 Å². The molecule has 7 heteroatoms. The van der Waals surface area contributed by atoms with Gasteiger partial charge in [-0.05, 0) is 41.0 Å². The van der Waals surface area contributed by atoms with Gasteiger partial charge in [0.2, 0.25) is 0 Å². The summed E-state index contributed by atoms with van der Waals surface area (Å²) in [5.41, 5.74) is 10.2. The Morgan fingerprint density at radius 1 is 0.469 bits per heavy atom. The van der Waals surface area contributed by atoms with E-state index in [0.29, 0.717) is 17.5 Å². The number of para-hydroxylation sites is 2. The van der Waals surface area contributed by atoms with E-state index in [0.717, 1.165) is 71.9 Å². The van der Waals surface area contributed by atoms with Crippen molar-refractivity contribution >= 4 is 33.0 Å². The van der Waals surface area contributed by atoms with Gasteiger partial charge in [0.15, 0.2) is 17.5 Å². The van der Waals surface area contributed by atoms with Crippen LogP contribution in [0.15, 0.2) is 149 Å². The third-order valence-corrected chi connectivity index (χ3v) is 9.25. The molecule has 0 radical (unpaired) electrons. The highest BCUT2D eigenvalue weighted by molar-refractivity contribution is 6.09. The second kappa shape index (κ2) is 11.3. The first-order valence-corrected chi connectivity index (χ1v) is 16.1. The molecule has 0 saturated heterocycles. The lowest BCUT2D eigenvalue weighted by Gasteiger charge is -2.10. The first-order valence-electron chi connectivity index (χ1n) is 16.1. The summed E-state index contributed by atoms with van der Waals surface area (Å²) in [6.07, 6.45) is 0. The number of imidazole rings is 1. The average Bonchev–Trinajstić information content (AvgIpc) is 3.65. The molecule has 0 amide bonds. The smallest absolute Gasteiger partial charge is 0.328 e. The summed E-state index contributed by atoms with van der Waals surface area (Å²) in [5, 5.41) is 2.21. The molecule has 234 valence electrons. The normalized spacial score (nSPS) is 11.6. The molecule has 9 rings (SSSR count). The minimum absolute atomic E-state index is 0.0494. The van der Waals surface area contributed by atoms with Gasteiger partial charge in [-0.25, -0.2) is 19.7 Å². The Morgan fingerprint density at radius 3 is 1.82 bits per heavy atom. The van der Waals surface area contributed by atoms with Crippen LogP contribution in [0.4, 0.5) is 0 Å². The molecule has 0 unspecified atom stereocenters. The number of fused-ring (bicyclic) bond motifs is 4. The molecule has 0 saturated carbocycles. The van der Waals surface area contributed by atoms with E-state index in [2.05, 4.69) is 66.7 Å². The molecule has 49 heavy (non-hydrogen) atoms. The Hall–Kier alpha value is -6.60. The molecule has 7 nitrogen and oxygen atoms in total. The van der Waals surface area contributed by atoms with Gasteiger partial charge in [-0.3, -0.25) is 9.13 Å². The molecular weight excluding hydrogens is 606 g/mol. The Morgan fingerprint density at radius 2 is 1.02 bits per heavy atom. The van der Waals surface area contributed by atoms with Gasteiger partial charge < -0.3 is 4.42 Å². The number of nitrogens with zero attached hydrogens (tertiary/aromatic N) is 5. The standard InChI is InChI=1S/C42H29N5O2/c1-46-35-23-22-30(25-36(35)47(2)42(46)48)29-12-8-13-31(24-29)41-44-39(27-10-4-3-5-11-27)43-40(45-41)28-20-18-26(19-21-28)32-15-9-16-34-33-14-6-7-17-37(33)49-38(32)34/h3-25H,1-2H3. The predicted molar refractivity (Wildman–Crippen MR) is 196 cm³/mol. The van der Waals surface area contributed by atoms with Crippen LogP contribution in [0.25, 0.3) is 89.4 Å². The largest absolute Gasteiger partial charge is 0.455 e. The zero-order chi connectivity index (χ0) is 33.1. The van der Waals surface area contributed by atoms with E-state index in [1.807, 2.05) is 72.8 Å². The van der Waals surface area contributed by atoms with Gasteiger partial charge in [-0.1, -0.05) is 115 Å². The van der Waals surface area contributed by atoms with E-state index < -0.39 is 0 Å². The molecule has 0 spiro atoms. The molecule has 6 aromatic carbocycles. The Balaban J connectivity index is 1.13. The average molecular weight is 636 g/mol. The van der Waals surface area contributed by atoms with E-state index >= 15 is 0 Å². The summed E-state index contributed by atoms with van der Waals surface area (Å²) in [6.45, 7) is 0. The fourth-order valence-corrected chi connectivity index (χ4v) is 6.65. The molecule has 0 N–H and O–H groups in total. The van der Waals surface area contributed by atoms with E-state index in [1.165, 1.54) is 0 Å². The molecule has 0 aliphatic carbocycles. The first kappa shape index (κ1) is 28.6. The Kier molecular flexibility index (Phi) is 6.59. The topological polar surface area (TPSA) is 78.7 Å². The number of hydrogen-bond donors (Lipinski definition) is 0. The van der Waals surface area contributed by atoms with Crippen molar-refractivity contribution in [2.75, 3.05) is 0 Å². The second-order valence-electron chi connectivity index (χ2n) is 12.2. The summed E-state index contributed by atoms with van der Waals surface area (Å²) in [6, 6.07) is 47.0. The fourth-order valence-electron chi connectivity index (χ4n) is 6.65. The van der Waals surface area contributed by atoms with Gasteiger partial charge in [0.25, 0.3) is 0 Å². The van der Waals surface area contributed by atoms with Crippen molar-refractivity contribution in [3.63, 3.8) is 0 Å². The SMILES string of the molecule is Cn1c(=O)n(C)c2cc(-c3cccc(-c4nc(-c5ccccc5)nc(-c5ccc(-c6cccc7c6oc6ccccc67)cc5)n4)c3)ccc21. The van der Waals surface area contributed by atoms with E-state index in [4.69, 9.17) is 19.4 Å². The molecule has 0 bridgehead atoms. The predicted octanol–water partition coefficient (Wildman–Crippen LogP) is 9.30. The van der Waals surface area contributed by atoms with Gasteiger partial charge >= 0.3 is 5.69 Å². The maximum atomic E-state index is 12.5. The number of benzene rings is 6. The van der Waals surface area contributed by atoms with Crippen LogP contribution >= 0.6 is 0 Å². The number of rotatable bonds is 5. The molecule has 0 atom stereocenters. The highest BCUT2D eigenvalue weighted by atomic mass is 16.3. The molecule has 9 aromatic rings. The van der Waals surface area contributed by atoms with Gasteiger partial charge in [-0.2, -0.15) is 0 Å². The summed E-state index contributed by atoms with van der Waals surface area (Å²) < 4.78 is 9.65. The van der Waals surface area contributed by atoms with Crippen LogP contribution in [0.3, 0.4) is 0 Å². The molecule has 0 aliphatic rings. The number of hydrogen-bond acceptors (Lipinski definition) is 5. The quantitative estimate of drug-likeness (QED) is 0.188. The molecule has 0 aliphatic heterocycles. The lowest BCUT2D eigenvalue weighted by molar-refractivity contribution is 0.670. The van der Waals surface area contributed by atoms with E-state index in [-0.39, 0.29) is 5.69 Å². The van der Waals surface area contributed by atoms with Crippen molar-refractivity contribution in [1.82, 2.24) is 24.1 Å². The minimum Gasteiger partial charge on any atom is -0.455 e. The monoisotopic (exact) mass is 635 g/mol. The summed E-state index contributed by atoms with van der Waals surface area (Å²) >= 11 is 0. The molecule has 0 fully saturated rings. The van der Waals surface area contributed by atoms with E-state index in [1.54, 1.807) is 23.2 Å². The van der Waals surface area contributed by atoms with Crippen LogP contribution in [0.2, 0.25) is 0 Å². The third kappa shape index (κ3) is 4.83. The zero-order valence-electron chi connectivity index (χ0n) is 26.8. The summed E-state index contributed by atoms with van der Waals surface area (Å²) in [4.78, 5) is 27.4. The van der Waals surface area contributed by atoms with Crippen molar-refractivity contribution in [2.45, 2.75) is 0 Å². The Labute approximate surface area is 281 Å². The van der Waals surface area contributed by atoms with Crippen molar-refractivity contribution in [1.29, 1.82) is 0 Å². The molecule has 3 aromatic heterocycles. The van der Waals surface area contributed by atoms with Crippen LogP contribution in [0.1, 0.15) is 0 Å². The highest BCUT2D eigenvalue weighted by Gasteiger charge is 2.16. The van der Waals surface area contributed by atoms with Crippen LogP contribution in [0, 0.1) is 0 Å². The summed E-state index contributed by atoms with van der Waals surface area (Å²) in [5.74, 6) is 1.77. The number of furan rings is 1. The Bertz CT molecular complexity index is 2760. The third-order valence-electron chi connectivity index (χ3n) is 9.25. The lowest BCUT2D eigenvalue weighted by atomic mass is 10.0. The maximum Gasteiger partial charge on any atom is 0.328 e. The van der Waals surface area contributed by atoms with Crippen molar-refractivity contribution in [3.8, 4) is 56.4 Å². The lowest BCUT2D eigenvalue weighted by Crippen LogP contribution is -2.19.